The minimum Gasteiger partial charge on any atom is -0.274 e. The molecule has 2 unspecified atom stereocenters. The Morgan fingerprint density at radius 3 is 2.05 bits per heavy atom. The maximum absolute atomic E-state index is 12.5. The number of nitrogens with zero attached hydrogens (tertiary/aromatic N) is 1. The lowest BCUT2D eigenvalue weighted by molar-refractivity contribution is -0.122. The van der Waals surface area contributed by atoms with E-state index in [9.17, 15) is 9.59 Å². The number of carbonyl (C=O) groups excluding carboxylic acids is 2. The molecule has 1 aromatic rings. The molecule has 0 bridgehead atoms. The van der Waals surface area contributed by atoms with Gasteiger partial charge in [-0.2, -0.15) is 0 Å². The van der Waals surface area contributed by atoms with Gasteiger partial charge in [0.05, 0.1) is 17.5 Å². The number of imide groups is 1. The van der Waals surface area contributed by atoms with E-state index in [1.807, 2.05) is 32.0 Å². The van der Waals surface area contributed by atoms with Crippen molar-refractivity contribution in [2.75, 3.05) is 4.90 Å². The van der Waals surface area contributed by atoms with Gasteiger partial charge in [-0.05, 0) is 49.9 Å². The number of rotatable bonds is 1. The maximum atomic E-state index is 12.5. The molecule has 2 amide bonds. The predicted molar refractivity (Wildman–Crippen MR) is 73.9 cm³/mol. The summed E-state index contributed by atoms with van der Waals surface area (Å²) in [6.07, 6.45) is 3.88. The molecule has 0 aromatic heterocycles. The van der Waals surface area contributed by atoms with Crippen LogP contribution in [-0.2, 0) is 9.59 Å². The third kappa shape index (κ3) is 1.88. The second kappa shape index (κ2) is 4.48. The Labute approximate surface area is 113 Å². The molecule has 1 saturated carbocycles. The van der Waals surface area contributed by atoms with Crippen molar-refractivity contribution in [3.63, 3.8) is 0 Å². The summed E-state index contributed by atoms with van der Waals surface area (Å²) < 4.78 is 0. The minimum atomic E-state index is -0.0668. The zero-order valence-electron chi connectivity index (χ0n) is 11.5. The summed E-state index contributed by atoms with van der Waals surface area (Å²) in [5.41, 5.74) is 3.04. The van der Waals surface area contributed by atoms with E-state index in [0.717, 1.165) is 36.9 Å². The largest absolute Gasteiger partial charge is 0.274 e. The fourth-order valence-electron chi connectivity index (χ4n) is 3.28. The van der Waals surface area contributed by atoms with Gasteiger partial charge in [0.25, 0.3) is 0 Å². The zero-order chi connectivity index (χ0) is 13.6. The molecule has 3 nitrogen and oxygen atoms in total. The number of benzene rings is 1. The molecule has 2 aliphatic rings. The molecule has 3 rings (SSSR count). The second-order valence-electron chi connectivity index (χ2n) is 5.78. The Morgan fingerprint density at radius 2 is 1.53 bits per heavy atom. The molecule has 0 spiro atoms. The first kappa shape index (κ1) is 12.4. The Hall–Kier alpha value is -1.64. The van der Waals surface area contributed by atoms with E-state index in [0.29, 0.717) is 0 Å². The molecule has 1 aliphatic carbocycles. The molecule has 0 radical (unpaired) electrons. The fraction of sp³-hybridized carbons (Fsp3) is 0.500. The Bertz CT molecular complexity index is 526. The third-order valence-corrected chi connectivity index (χ3v) is 4.59. The highest BCUT2D eigenvalue weighted by atomic mass is 16.2. The van der Waals surface area contributed by atoms with Gasteiger partial charge in [-0.3, -0.25) is 14.5 Å². The molecule has 2 atom stereocenters. The zero-order valence-corrected chi connectivity index (χ0v) is 11.5. The van der Waals surface area contributed by atoms with Gasteiger partial charge in [-0.25, -0.2) is 0 Å². The lowest BCUT2D eigenvalue weighted by atomic mass is 9.81. The van der Waals surface area contributed by atoms with E-state index >= 15 is 0 Å². The van der Waals surface area contributed by atoms with Crippen molar-refractivity contribution in [3.05, 3.63) is 29.3 Å². The molecular formula is C16H19NO2. The molecule has 1 saturated heterocycles. The quantitative estimate of drug-likeness (QED) is 0.725. The van der Waals surface area contributed by atoms with Crippen molar-refractivity contribution in [2.45, 2.75) is 39.5 Å². The number of aryl methyl sites for hydroxylation is 2. The van der Waals surface area contributed by atoms with Crippen LogP contribution in [0.4, 0.5) is 5.69 Å². The van der Waals surface area contributed by atoms with Crippen molar-refractivity contribution in [1.82, 2.24) is 0 Å². The van der Waals surface area contributed by atoms with Crippen molar-refractivity contribution in [1.29, 1.82) is 0 Å². The first-order chi connectivity index (χ1) is 9.09. The van der Waals surface area contributed by atoms with Crippen molar-refractivity contribution in [3.8, 4) is 0 Å². The highest BCUT2D eigenvalue weighted by molar-refractivity contribution is 6.22. The van der Waals surface area contributed by atoms with Gasteiger partial charge in [0.2, 0.25) is 11.8 Å². The van der Waals surface area contributed by atoms with E-state index in [4.69, 9.17) is 0 Å². The molecule has 1 heterocycles. The number of anilines is 1. The van der Waals surface area contributed by atoms with Crippen LogP contribution < -0.4 is 4.90 Å². The number of amides is 2. The first-order valence-corrected chi connectivity index (χ1v) is 7.04. The summed E-state index contributed by atoms with van der Waals surface area (Å²) in [7, 11) is 0. The summed E-state index contributed by atoms with van der Waals surface area (Å²) in [5.74, 6) is -0.110. The van der Waals surface area contributed by atoms with Gasteiger partial charge in [-0.1, -0.05) is 18.9 Å². The van der Waals surface area contributed by atoms with Gasteiger partial charge in [0.15, 0.2) is 0 Å². The van der Waals surface area contributed by atoms with Crippen LogP contribution >= 0.6 is 0 Å². The third-order valence-electron chi connectivity index (χ3n) is 4.59. The van der Waals surface area contributed by atoms with E-state index < -0.39 is 0 Å². The molecule has 1 aliphatic heterocycles. The monoisotopic (exact) mass is 257 g/mol. The van der Waals surface area contributed by atoms with Crippen LogP contribution in [0.3, 0.4) is 0 Å². The molecule has 2 fully saturated rings. The smallest absolute Gasteiger partial charge is 0.237 e. The summed E-state index contributed by atoms with van der Waals surface area (Å²) in [4.78, 5) is 26.3. The standard InChI is InChI=1S/C16H19NO2/c1-10-7-8-12(9-11(10)2)17-15(18)13-5-3-4-6-14(13)16(17)19/h7-9,13-14H,3-6H2,1-2H3. The van der Waals surface area contributed by atoms with Gasteiger partial charge in [-0.15, -0.1) is 0 Å². The summed E-state index contributed by atoms with van der Waals surface area (Å²) in [5, 5.41) is 0. The van der Waals surface area contributed by atoms with Crippen LogP contribution in [0, 0.1) is 25.7 Å². The van der Waals surface area contributed by atoms with Gasteiger partial charge in [0, 0.05) is 0 Å². The molecular weight excluding hydrogens is 238 g/mol. The minimum absolute atomic E-state index is 0.0120. The summed E-state index contributed by atoms with van der Waals surface area (Å²) in [6.45, 7) is 4.05. The summed E-state index contributed by atoms with van der Waals surface area (Å²) >= 11 is 0. The topological polar surface area (TPSA) is 37.4 Å². The van der Waals surface area contributed by atoms with Gasteiger partial charge >= 0.3 is 0 Å². The van der Waals surface area contributed by atoms with E-state index in [1.165, 1.54) is 10.5 Å². The molecule has 100 valence electrons. The van der Waals surface area contributed by atoms with Crippen LogP contribution in [0.25, 0.3) is 0 Å². The molecule has 3 heteroatoms. The van der Waals surface area contributed by atoms with Gasteiger partial charge < -0.3 is 0 Å². The number of fused-ring (bicyclic) bond motifs is 1. The Balaban J connectivity index is 1.98. The van der Waals surface area contributed by atoms with Crippen LogP contribution in [0.5, 0.6) is 0 Å². The van der Waals surface area contributed by atoms with Crippen molar-refractivity contribution in [2.24, 2.45) is 11.8 Å². The SMILES string of the molecule is Cc1ccc(N2C(=O)C3CCCCC3C2=O)cc1C. The second-order valence-corrected chi connectivity index (χ2v) is 5.78. The molecule has 19 heavy (non-hydrogen) atoms. The average molecular weight is 257 g/mol. The van der Waals surface area contributed by atoms with Crippen LogP contribution in [0.15, 0.2) is 18.2 Å². The van der Waals surface area contributed by atoms with E-state index in [-0.39, 0.29) is 23.7 Å². The Kier molecular flexibility index (Phi) is 2.92. The number of hydrogen-bond acceptors (Lipinski definition) is 2. The van der Waals surface area contributed by atoms with Gasteiger partial charge in [0.1, 0.15) is 0 Å². The highest BCUT2D eigenvalue weighted by Crippen LogP contribution is 2.40. The Morgan fingerprint density at radius 1 is 0.947 bits per heavy atom. The van der Waals surface area contributed by atoms with Crippen molar-refractivity contribution < 1.29 is 9.59 Å². The fourth-order valence-corrected chi connectivity index (χ4v) is 3.28. The maximum Gasteiger partial charge on any atom is 0.237 e. The van der Waals surface area contributed by atoms with Crippen LogP contribution in [0.1, 0.15) is 36.8 Å². The predicted octanol–water partition coefficient (Wildman–Crippen LogP) is 2.98. The summed E-state index contributed by atoms with van der Waals surface area (Å²) in [6, 6.07) is 5.81. The lowest BCUT2D eigenvalue weighted by Crippen LogP contribution is -2.30. The van der Waals surface area contributed by atoms with Crippen LogP contribution in [0.2, 0.25) is 0 Å². The highest BCUT2D eigenvalue weighted by Gasteiger charge is 2.48. The van der Waals surface area contributed by atoms with Crippen LogP contribution in [-0.4, -0.2) is 11.8 Å². The average Bonchev–Trinajstić information content (AvgIpc) is 2.66. The molecule has 1 aromatic carbocycles. The van der Waals surface area contributed by atoms with E-state index in [1.54, 1.807) is 0 Å². The normalized spacial score (nSPS) is 26.7. The number of hydrogen-bond donors (Lipinski definition) is 0. The number of carbonyl (C=O) groups is 2. The van der Waals surface area contributed by atoms with Crippen molar-refractivity contribution >= 4 is 17.5 Å². The first-order valence-electron chi connectivity index (χ1n) is 7.04. The molecule has 0 N–H and O–H groups in total. The van der Waals surface area contributed by atoms with E-state index in [2.05, 4.69) is 0 Å². The lowest BCUT2D eigenvalue weighted by Gasteiger charge is -2.19.